The monoisotopic (exact) mass is 271 g/mol. The first kappa shape index (κ1) is 12.9. The Morgan fingerprint density at radius 2 is 2.05 bits per heavy atom. The maximum absolute atomic E-state index is 11.5. The molecule has 0 spiro atoms. The number of benzene rings is 1. The van der Waals surface area contributed by atoms with E-state index in [9.17, 15) is 9.59 Å². The Morgan fingerprint density at radius 3 is 2.65 bits per heavy atom. The van der Waals surface area contributed by atoms with Gasteiger partial charge in [0.2, 0.25) is 0 Å². The van der Waals surface area contributed by atoms with Crippen LogP contribution >= 0.6 is 0 Å². The summed E-state index contributed by atoms with van der Waals surface area (Å²) in [5.41, 5.74) is 2.88. The predicted molar refractivity (Wildman–Crippen MR) is 76.5 cm³/mol. The van der Waals surface area contributed by atoms with Crippen molar-refractivity contribution in [2.75, 3.05) is 0 Å². The van der Waals surface area contributed by atoms with E-state index < -0.39 is 5.97 Å². The summed E-state index contributed by atoms with van der Waals surface area (Å²) in [6.45, 7) is 0. The Morgan fingerprint density at radius 1 is 1.35 bits per heavy atom. The highest BCUT2D eigenvalue weighted by Crippen LogP contribution is 2.40. The molecule has 4 nitrogen and oxygen atoms in total. The van der Waals surface area contributed by atoms with Crippen molar-refractivity contribution in [3.63, 3.8) is 0 Å². The number of aldehydes is 1. The molecule has 1 N–H and O–H groups in total. The quantitative estimate of drug-likeness (QED) is 0.871. The molecular weight excluding hydrogens is 254 g/mol. The van der Waals surface area contributed by atoms with E-state index in [-0.39, 0.29) is 5.56 Å². The van der Waals surface area contributed by atoms with E-state index in [1.807, 2.05) is 17.7 Å². The smallest absolute Gasteiger partial charge is 0.335 e. The third kappa shape index (κ3) is 1.83. The second-order valence-corrected chi connectivity index (χ2v) is 5.49. The van der Waals surface area contributed by atoms with Crippen LogP contribution in [0.25, 0.3) is 10.9 Å². The topological polar surface area (TPSA) is 59.3 Å². The SMILES string of the molecule is Cn1c(C=O)c(C2CCCC2)c2ccc(C(=O)O)cc21. The highest BCUT2D eigenvalue weighted by molar-refractivity contribution is 5.98. The van der Waals surface area contributed by atoms with Crippen LogP contribution in [0.4, 0.5) is 0 Å². The first-order chi connectivity index (χ1) is 9.63. The van der Waals surface area contributed by atoms with Gasteiger partial charge in [-0.1, -0.05) is 18.9 Å². The zero-order chi connectivity index (χ0) is 14.3. The van der Waals surface area contributed by atoms with Gasteiger partial charge in [-0.2, -0.15) is 0 Å². The third-order valence-corrected chi connectivity index (χ3v) is 4.41. The molecule has 0 amide bonds. The Hall–Kier alpha value is -2.10. The van der Waals surface area contributed by atoms with Crippen LogP contribution in [0.1, 0.15) is 58.0 Å². The normalized spacial score (nSPS) is 15.8. The zero-order valence-electron chi connectivity index (χ0n) is 11.4. The fourth-order valence-corrected chi connectivity index (χ4v) is 3.40. The molecule has 0 aliphatic heterocycles. The number of carboxylic acids is 1. The average Bonchev–Trinajstić information content (AvgIpc) is 3.04. The maximum Gasteiger partial charge on any atom is 0.335 e. The Bertz CT molecular complexity index is 693. The number of hydrogen-bond acceptors (Lipinski definition) is 2. The summed E-state index contributed by atoms with van der Waals surface area (Å²) in [6, 6.07) is 5.13. The minimum absolute atomic E-state index is 0.258. The Kier molecular flexibility index (Phi) is 3.08. The number of aromatic nitrogens is 1. The first-order valence-electron chi connectivity index (χ1n) is 6.94. The number of aryl methyl sites for hydroxylation is 1. The van der Waals surface area contributed by atoms with Gasteiger partial charge in [0, 0.05) is 18.0 Å². The summed E-state index contributed by atoms with van der Waals surface area (Å²) in [6.07, 6.45) is 5.52. The van der Waals surface area contributed by atoms with Gasteiger partial charge in [0.15, 0.2) is 6.29 Å². The molecule has 1 heterocycles. The highest BCUT2D eigenvalue weighted by atomic mass is 16.4. The number of nitrogens with zero attached hydrogens (tertiary/aromatic N) is 1. The van der Waals surface area contributed by atoms with E-state index in [0.29, 0.717) is 11.6 Å². The molecule has 1 saturated carbocycles. The van der Waals surface area contributed by atoms with Crippen molar-refractivity contribution in [2.45, 2.75) is 31.6 Å². The number of carboxylic acid groups (broad SMARTS) is 1. The Balaban J connectivity index is 2.27. The molecular formula is C16H17NO3. The maximum atomic E-state index is 11.5. The van der Waals surface area contributed by atoms with Gasteiger partial charge >= 0.3 is 5.97 Å². The largest absolute Gasteiger partial charge is 0.478 e. The van der Waals surface area contributed by atoms with Crippen LogP contribution in [0.3, 0.4) is 0 Å². The summed E-state index contributed by atoms with van der Waals surface area (Å²) in [4.78, 5) is 22.6. The molecule has 2 aromatic rings. The summed E-state index contributed by atoms with van der Waals surface area (Å²) >= 11 is 0. The fraction of sp³-hybridized carbons (Fsp3) is 0.375. The van der Waals surface area contributed by atoms with Crippen LogP contribution in [0, 0.1) is 0 Å². The van der Waals surface area contributed by atoms with Gasteiger partial charge in [-0.05, 0) is 36.5 Å². The molecule has 0 unspecified atom stereocenters. The van der Waals surface area contributed by atoms with Crippen molar-refractivity contribution in [1.29, 1.82) is 0 Å². The molecule has 0 radical (unpaired) electrons. The van der Waals surface area contributed by atoms with E-state index >= 15 is 0 Å². The highest BCUT2D eigenvalue weighted by Gasteiger charge is 2.25. The molecule has 1 aromatic carbocycles. The zero-order valence-corrected chi connectivity index (χ0v) is 11.4. The fourth-order valence-electron chi connectivity index (χ4n) is 3.40. The van der Waals surface area contributed by atoms with E-state index in [4.69, 9.17) is 5.11 Å². The van der Waals surface area contributed by atoms with E-state index in [1.54, 1.807) is 12.1 Å². The number of carbonyl (C=O) groups is 2. The van der Waals surface area contributed by atoms with Gasteiger partial charge in [0.1, 0.15) is 0 Å². The molecule has 4 heteroatoms. The minimum Gasteiger partial charge on any atom is -0.478 e. The van der Waals surface area contributed by atoms with Crippen molar-refractivity contribution in [2.24, 2.45) is 7.05 Å². The summed E-state index contributed by atoms with van der Waals surface area (Å²) in [5.74, 6) is -0.516. The van der Waals surface area contributed by atoms with Crippen LogP contribution in [-0.2, 0) is 7.05 Å². The lowest BCUT2D eigenvalue weighted by atomic mass is 9.94. The second-order valence-electron chi connectivity index (χ2n) is 5.49. The lowest BCUT2D eigenvalue weighted by Gasteiger charge is -2.09. The Labute approximate surface area is 117 Å². The van der Waals surface area contributed by atoms with Crippen LogP contribution in [0.15, 0.2) is 18.2 Å². The standard InChI is InChI=1S/C16H17NO3/c1-17-13-8-11(16(19)20)6-7-12(13)15(14(17)9-18)10-4-2-3-5-10/h6-10H,2-5H2,1H3,(H,19,20). The van der Waals surface area contributed by atoms with E-state index in [0.717, 1.165) is 35.6 Å². The van der Waals surface area contributed by atoms with Crippen molar-refractivity contribution in [3.8, 4) is 0 Å². The molecule has 1 aliphatic rings. The van der Waals surface area contributed by atoms with E-state index in [1.165, 1.54) is 12.8 Å². The third-order valence-electron chi connectivity index (χ3n) is 4.41. The molecule has 1 aliphatic carbocycles. The van der Waals surface area contributed by atoms with Crippen LogP contribution < -0.4 is 0 Å². The molecule has 1 fully saturated rings. The number of hydrogen-bond donors (Lipinski definition) is 1. The average molecular weight is 271 g/mol. The predicted octanol–water partition coefficient (Wildman–Crippen LogP) is 3.35. The van der Waals surface area contributed by atoms with Crippen LogP contribution in [-0.4, -0.2) is 21.9 Å². The van der Waals surface area contributed by atoms with Crippen molar-refractivity contribution in [3.05, 3.63) is 35.0 Å². The van der Waals surface area contributed by atoms with Gasteiger partial charge in [-0.3, -0.25) is 4.79 Å². The summed E-state index contributed by atoms with van der Waals surface area (Å²) in [7, 11) is 1.83. The minimum atomic E-state index is -0.942. The summed E-state index contributed by atoms with van der Waals surface area (Å²) in [5, 5.41) is 10.1. The molecule has 1 aromatic heterocycles. The van der Waals surface area contributed by atoms with Crippen LogP contribution in [0.2, 0.25) is 0 Å². The second kappa shape index (κ2) is 4.78. The molecule has 3 rings (SSSR count). The van der Waals surface area contributed by atoms with Gasteiger partial charge in [-0.25, -0.2) is 4.79 Å². The van der Waals surface area contributed by atoms with Gasteiger partial charge in [0.25, 0.3) is 0 Å². The number of aromatic carboxylic acids is 1. The van der Waals surface area contributed by atoms with Crippen molar-refractivity contribution < 1.29 is 14.7 Å². The van der Waals surface area contributed by atoms with Gasteiger partial charge in [0.05, 0.1) is 11.3 Å². The van der Waals surface area contributed by atoms with Crippen molar-refractivity contribution in [1.82, 2.24) is 4.57 Å². The lowest BCUT2D eigenvalue weighted by Crippen LogP contribution is -2.00. The number of carbonyl (C=O) groups excluding carboxylic acids is 1. The molecule has 0 saturated heterocycles. The molecule has 0 bridgehead atoms. The lowest BCUT2D eigenvalue weighted by molar-refractivity contribution is 0.0697. The van der Waals surface area contributed by atoms with Crippen LogP contribution in [0.5, 0.6) is 0 Å². The first-order valence-corrected chi connectivity index (χ1v) is 6.94. The van der Waals surface area contributed by atoms with Gasteiger partial charge < -0.3 is 9.67 Å². The number of fused-ring (bicyclic) bond motifs is 1. The van der Waals surface area contributed by atoms with Gasteiger partial charge in [-0.15, -0.1) is 0 Å². The molecule has 0 atom stereocenters. The molecule has 104 valence electrons. The molecule has 20 heavy (non-hydrogen) atoms. The summed E-state index contributed by atoms with van der Waals surface area (Å²) < 4.78 is 1.82. The number of rotatable bonds is 3. The van der Waals surface area contributed by atoms with E-state index in [2.05, 4.69) is 0 Å². The van der Waals surface area contributed by atoms with Crippen molar-refractivity contribution >= 4 is 23.2 Å².